The molecule has 1 heterocycles. The number of carboxylic acids is 1. The standard InChI is InChI=1S/C13H10ClNO4S/c14-12-4-3-10(6-11(12)13(16)17)20(18,19)8-9-2-1-5-15-7-9/h1-7H,8H2,(H,16,17). The van der Waals surface area contributed by atoms with Gasteiger partial charge in [-0.25, -0.2) is 13.2 Å². The van der Waals surface area contributed by atoms with Crippen molar-refractivity contribution in [1.29, 1.82) is 0 Å². The largest absolute Gasteiger partial charge is 0.478 e. The zero-order valence-corrected chi connectivity index (χ0v) is 11.7. The first-order valence-electron chi connectivity index (χ1n) is 5.54. The van der Waals surface area contributed by atoms with Gasteiger partial charge in [0.25, 0.3) is 0 Å². The maximum absolute atomic E-state index is 12.2. The average Bonchev–Trinajstić information content (AvgIpc) is 2.39. The van der Waals surface area contributed by atoms with E-state index in [4.69, 9.17) is 16.7 Å². The molecular weight excluding hydrogens is 302 g/mol. The topological polar surface area (TPSA) is 84.3 Å². The quantitative estimate of drug-likeness (QED) is 0.937. The lowest BCUT2D eigenvalue weighted by Gasteiger charge is -2.06. The second-order valence-corrected chi connectivity index (χ2v) is 6.46. The van der Waals surface area contributed by atoms with Crippen molar-refractivity contribution in [2.24, 2.45) is 0 Å². The Kier molecular flexibility index (Phi) is 4.06. The molecule has 0 saturated carbocycles. The van der Waals surface area contributed by atoms with Crippen LogP contribution in [0.4, 0.5) is 0 Å². The van der Waals surface area contributed by atoms with Crippen molar-refractivity contribution in [3.05, 3.63) is 58.9 Å². The molecule has 0 saturated heterocycles. The molecule has 0 aliphatic heterocycles. The lowest BCUT2D eigenvalue weighted by Crippen LogP contribution is -2.07. The van der Waals surface area contributed by atoms with Gasteiger partial charge in [0.05, 0.1) is 21.2 Å². The zero-order chi connectivity index (χ0) is 14.8. The Morgan fingerprint density at radius 3 is 2.65 bits per heavy atom. The minimum absolute atomic E-state index is 0.00201. The third-order valence-corrected chi connectivity index (χ3v) is 4.62. The number of sulfone groups is 1. The van der Waals surface area contributed by atoms with Crippen LogP contribution in [0.1, 0.15) is 15.9 Å². The van der Waals surface area contributed by atoms with Gasteiger partial charge in [0.15, 0.2) is 9.84 Å². The third-order valence-electron chi connectivity index (χ3n) is 2.61. The minimum atomic E-state index is -3.65. The molecule has 1 aromatic carbocycles. The van der Waals surface area contributed by atoms with E-state index in [0.717, 1.165) is 6.07 Å². The van der Waals surface area contributed by atoms with Crippen molar-refractivity contribution < 1.29 is 18.3 Å². The van der Waals surface area contributed by atoms with Crippen molar-refractivity contribution in [2.45, 2.75) is 10.6 Å². The molecule has 2 aromatic rings. The first-order chi connectivity index (χ1) is 9.40. The van der Waals surface area contributed by atoms with Crippen LogP contribution in [0.15, 0.2) is 47.6 Å². The number of nitrogens with zero attached hydrogens (tertiary/aromatic N) is 1. The van der Waals surface area contributed by atoms with Crippen molar-refractivity contribution in [3.63, 3.8) is 0 Å². The van der Waals surface area contributed by atoms with Gasteiger partial charge in [-0.15, -0.1) is 0 Å². The van der Waals surface area contributed by atoms with E-state index in [0.29, 0.717) is 5.56 Å². The molecule has 0 aliphatic rings. The number of carbonyl (C=O) groups is 1. The summed E-state index contributed by atoms with van der Waals surface area (Å²) in [6.45, 7) is 0. The summed E-state index contributed by atoms with van der Waals surface area (Å²) < 4.78 is 24.4. The fraction of sp³-hybridized carbons (Fsp3) is 0.0769. The predicted octanol–water partition coefficient (Wildman–Crippen LogP) is 2.41. The Hall–Kier alpha value is -1.92. The summed E-state index contributed by atoms with van der Waals surface area (Å²) in [4.78, 5) is 14.7. The lowest BCUT2D eigenvalue weighted by atomic mass is 10.2. The van der Waals surface area contributed by atoms with Gasteiger partial charge in [0.2, 0.25) is 0 Å². The normalized spacial score (nSPS) is 11.2. The zero-order valence-electron chi connectivity index (χ0n) is 10.2. The highest BCUT2D eigenvalue weighted by atomic mass is 35.5. The molecule has 0 atom stereocenters. The van der Waals surface area contributed by atoms with Crippen LogP contribution < -0.4 is 0 Å². The van der Waals surface area contributed by atoms with Crippen molar-refractivity contribution in [2.75, 3.05) is 0 Å². The van der Waals surface area contributed by atoms with Crippen LogP contribution in [0.2, 0.25) is 5.02 Å². The summed E-state index contributed by atoms with van der Waals surface area (Å²) in [7, 11) is -3.65. The second kappa shape index (κ2) is 5.60. The summed E-state index contributed by atoms with van der Waals surface area (Å²) in [6.07, 6.45) is 2.99. The monoisotopic (exact) mass is 311 g/mol. The van der Waals surface area contributed by atoms with Crippen LogP contribution in [0.3, 0.4) is 0 Å². The Morgan fingerprint density at radius 2 is 2.05 bits per heavy atom. The summed E-state index contributed by atoms with van der Waals surface area (Å²) in [5, 5.41) is 8.95. The molecule has 1 N–H and O–H groups in total. The van der Waals surface area contributed by atoms with E-state index in [1.165, 1.54) is 18.3 Å². The molecule has 0 radical (unpaired) electrons. The van der Waals surface area contributed by atoms with Gasteiger partial charge in [-0.05, 0) is 29.8 Å². The maximum atomic E-state index is 12.2. The van der Waals surface area contributed by atoms with Gasteiger partial charge in [0.1, 0.15) is 0 Å². The highest BCUT2D eigenvalue weighted by Crippen LogP contribution is 2.23. The molecule has 0 aliphatic carbocycles. The van der Waals surface area contributed by atoms with E-state index in [9.17, 15) is 13.2 Å². The molecule has 0 spiro atoms. The fourth-order valence-electron chi connectivity index (χ4n) is 1.65. The number of halogens is 1. The van der Waals surface area contributed by atoms with Crippen molar-refractivity contribution in [3.8, 4) is 0 Å². The molecule has 0 bridgehead atoms. The number of hydrogen-bond acceptors (Lipinski definition) is 4. The first-order valence-corrected chi connectivity index (χ1v) is 7.58. The fourth-order valence-corrected chi connectivity index (χ4v) is 3.20. The Morgan fingerprint density at radius 1 is 1.30 bits per heavy atom. The smallest absolute Gasteiger partial charge is 0.337 e. The molecule has 7 heteroatoms. The molecule has 5 nitrogen and oxygen atoms in total. The van der Waals surface area contributed by atoms with E-state index >= 15 is 0 Å². The Balaban J connectivity index is 2.40. The molecule has 20 heavy (non-hydrogen) atoms. The number of hydrogen-bond donors (Lipinski definition) is 1. The molecule has 2 rings (SSSR count). The SMILES string of the molecule is O=C(O)c1cc(S(=O)(=O)Cc2cccnc2)ccc1Cl. The molecular formula is C13H10ClNO4S. The minimum Gasteiger partial charge on any atom is -0.478 e. The van der Waals surface area contributed by atoms with Crippen LogP contribution in [-0.4, -0.2) is 24.5 Å². The van der Waals surface area contributed by atoms with Gasteiger partial charge in [-0.1, -0.05) is 17.7 Å². The number of aromatic carboxylic acids is 1. The van der Waals surface area contributed by atoms with Gasteiger partial charge in [-0.3, -0.25) is 4.98 Å². The van der Waals surface area contributed by atoms with Crippen LogP contribution in [0.5, 0.6) is 0 Å². The molecule has 0 unspecified atom stereocenters. The van der Waals surface area contributed by atoms with Crippen LogP contribution >= 0.6 is 11.6 Å². The number of aromatic nitrogens is 1. The first kappa shape index (κ1) is 14.5. The van der Waals surface area contributed by atoms with Crippen LogP contribution in [0.25, 0.3) is 0 Å². The van der Waals surface area contributed by atoms with Crippen molar-refractivity contribution in [1.82, 2.24) is 4.98 Å². The Bertz CT molecular complexity index is 744. The molecule has 1 aromatic heterocycles. The molecule has 0 fully saturated rings. The summed E-state index contributed by atoms with van der Waals surface area (Å²) >= 11 is 5.72. The van der Waals surface area contributed by atoms with Gasteiger partial charge in [0, 0.05) is 12.4 Å². The van der Waals surface area contributed by atoms with Crippen LogP contribution in [-0.2, 0) is 15.6 Å². The summed E-state index contributed by atoms with van der Waals surface area (Å²) in [6, 6.07) is 6.89. The number of benzene rings is 1. The van der Waals surface area contributed by atoms with E-state index in [2.05, 4.69) is 4.98 Å². The second-order valence-electron chi connectivity index (χ2n) is 4.07. The van der Waals surface area contributed by atoms with E-state index < -0.39 is 15.8 Å². The summed E-state index contributed by atoms with van der Waals surface area (Å²) in [5.74, 6) is -1.52. The number of pyridine rings is 1. The Labute approximate surface area is 120 Å². The van der Waals surface area contributed by atoms with E-state index in [1.54, 1.807) is 18.3 Å². The lowest BCUT2D eigenvalue weighted by molar-refractivity contribution is 0.0697. The van der Waals surface area contributed by atoms with E-state index in [1.807, 2.05) is 0 Å². The molecule has 104 valence electrons. The van der Waals surface area contributed by atoms with Gasteiger partial charge in [-0.2, -0.15) is 0 Å². The third kappa shape index (κ3) is 3.15. The maximum Gasteiger partial charge on any atom is 0.337 e. The van der Waals surface area contributed by atoms with Gasteiger partial charge < -0.3 is 5.11 Å². The van der Waals surface area contributed by atoms with Crippen LogP contribution in [0, 0.1) is 0 Å². The molecule has 0 amide bonds. The van der Waals surface area contributed by atoms with E-state index in [-0.39, 0.29) is 21.2 Å². The highest BCUT2D eigenvalue weighted by Gasteiger charge is 2.19. The predicted molar refractivity (Wildman–Crippen MR) is 73.5 cm³/mol. The average molecular weight is 312 g/mol. The van der Waals surface area contributed by atoms with Gasteiger partial charge >= 0.3 is 5.97 Å². The highest BCUT2D eigenvalue weighted by molar-refractivity contribution is 7.90. The number of carboxylic acid groups (broad SMARTS) is 1. The summed E-state index contributed by atoms with van der Waals surface area (Å²) in [5.41, 5.74) is 0.290. The van der Waals surface area contributed by atoms with Crippen molar-refractivity contribution >= 4 is 27.4 Å². The number of rotatable bonds is 4.